The number of rotatable bonds is 1. The van der Waals surface area contributed by atoms with Gasteiger partial charge < -0.3 is 5.32 Å². The van der Waals surface area contributed by atoms with Gasteiger partial charge in [0.25, 0.3) is 5.91 Å². The van der Waals surface area contributed by atoms with Crippen LogP contribution in [0.15, 0.2) is 12.2 Å². The highest BCUT2D eigenvalue weighted by atomic mass is 16.2. The van der Waals surface area contributed by atoms with Gasteiger partial charge in [0.15, 0.2) is 0 Å². The largest absolute Gasteiger partial charge is 0.339 e. The first-order chi connectivity index (χ1) is 9.36. The molecule has 2 bridgehead atoms. The fourth-order valence-corrected chi connectivity index (χ4v) is 3.99. The zero-order valence-electron chi connectivity index (χ0n) is 12.1. The zero-order chi connectivity index (χ0) is 14.7. The van der Waals surface area contributed by atoms with E-state index < -0.39 is 11.6 Å². The molecular formula is C15H20N2O3. The molecule has 3 amide bonds. The normalized spacial score (nSPS) is 39.0. The number of carbonyl (C=O) groups excluding carboxylic acids is 3. The molecular weight excluding hydrogens is 256 g/mol. The van der Waals surface area contributed by atoms with Crippen molar-refractivity contribution in [3.8, 4) is 0 Å². The van der Waals surface area contributed by atoms with Crippen molar-refractivity contribution in [1.82, 2.24) is 10.2 Å². The molecule has 2 aliphatic carbocycles. The Kier molecular flexibility index (Phi) is 2.78. The van der Waals surface area contributed by atoms with E-state index >= 15 is 0 Å². The van der Waals surface area contributed by atoms with Gasteiger partial charge in [0.1, 0.15) is 11.6 Å². The predicted molar refractivity (Wildman–Crippen MR) is 72.4 cm³/mol. The van der Waals surface area contributed by atoms with Crippen LogP contribution in [0.25, 0.3) is 0 Å². The van der Waals surface area contributed by atoms with Crippen LogP contribution >= 0.6 is 0 Å². The molecule has 1 saturated heterocycles. The number of nitrogens with one attached hydrogen (secondary N) is 1. The Labute approximate surface area is 118 Å². The molecule has 1 heterocycles. The fourth-order valence-electron chi connectivity index (χ4n) is 3.99. The quantitative estimate of drug-likeness (QED) is 0.722. The first kappa shape index (κ1) is 13.3. The van der Waals surface area contributed by atoms with Gasteiger partial charge in [0.05, 0.1) is 0 Å². The van der Waals surface area contributed by atoms with Crippen molar-refractivity contribution in [2.24, 2.45) is 17.8 Å². The van der Waals surface area contributed by atoms with Crippen LogP contribution in [0.4, 0.5) is 0 Å². The lowest BCUT2D eigenvalue weighted by Gasteiger charge is -2.46. The van der Waals surface area contributed by atoms with Gasteiger partial charge in [-0.25, -0.2) is 0 Å². The zero-order valence-corrected chi connectivity index (χ0v) is 12.1. The number of imide groups is 1. The number of fused-ring (bicyclic) bond motifs is 3. The average Bonchev–Trinajstić information content (AvgIpc) is 2.93. The summed E-state index contributed by atoms with van der Waals surface area (Å²) in [7, 11) is 0. The van der Waals surface area contributed by atoms with E-state index in [4.69, 9.17) is 0 Å². The summed E-state index contributed by atoms with van der Waals surface area (Å²) < 4.78 is 0. The van der Waals surface area contributed by atoms with E-state index in [1.807, 2.05) is 19.9 Å². The second-order valence-electron chi connectivity index (χ2n) is 6.53. The second-order valence-corrected chi connectivity index (χ2v) is 6.53. The molecule has 1 spiro atoms. The molecule has 3 rings (SSSR count). The van der Waals surface area contributed by atoms with Crippen molar-refractivity contribution in [1.29, 1.82) is 0 Å². The number of nitrogens with zero attached hydrogens (tertiary/aromatic N) is 1. The van der Waals surface area contributed by atoms with E-state index in [0.717, 1.165) is 6.42 Å². The van der Waals surface area contributed by atoms with Crippen LogP contribution < -0.4 is 5.32 Å². The number of piperazine rings is 1. The van der Waals surface area contributed by atoms with Crippen molar-refractivity contribution in [2.45, 2.75) is 45.2 Å². The first-order valence-electron chi connectivity index (χ1n) is 7.21. The SMILES string of the molecule is CC(=O)N1C(=O)[C@@]2(C[C@H]3C=C[C@@H]2C3)NC(=O)[C@@H]1C(C)C. The minimum absolute atomic E-state index is 0.0268. The van der Waals surface area contributed by atoms with Gasteiger partial charge in [0.2, 0.25) is 11.8 Å². The molecule has 2 fully saturated rings. The van der Waals surface area contributed by atoms with Crippen LogP contribution in [0.1, 0.15) is 33.6 Å². The third kappa shape index (κ3) is 1.58. The molecule has 5 heteroatoms. The Hall–Kier alpha value is -1.65. The van der Waals surface area contributed by atoms with E-state index in [0.29, 0.717) is 12.3 Å². The Morgan fingerprint density at radius 1 is 1.40 bits per heavy atom. The van der Waals surface area contributed by atoms with Crippen LogP contribution in [-0.4, -0.2) is 34.2 Å². The molecule has 5 nitrogen and oxygen atoms in total. The average molecular weight is 276 g/mol. The van der Waals surface area contributed by atoms with Gasteiger partial charge in [-0.15, -0.1) is 0 Å². The van der Waals surface area contributed by atoms with E-state index in [-0.39, 0.29) is 29.6 Å². The van der Waals surface area contributed by atoms with Crippen molar-refractivity contribution in [3.63, 3.8) is 0 Å². The number of hydrogen-bond acceptors (Lipinski definition) is 3. The van der Waals surface area contributed by atoms with Gasteiger partial charge in [-0.2, -0.15) is 0 Å². The lowest BCUT2D eigenvalue weighted by Crippen LogP contribution is -2.73. The highest BCUT2D eigenvalue weighted by Crippen LogP contribution is 2.48. The Balaban J connectivity index is 2.02. The summed E-state index contributed by atoms with van der Waals surface area (Å²) in [5, 5.41) is 2.96. The van der Waals surface area contributed by atoms with Crippen LogP contribution in [0.3, 0.4) is 0 Å². The molecule has 20 heavy (non-hydrogen) atoms. The third-order valence-electron chi connectivity index (χ3n) is 4.85. The molecule has 0 radical (unpaired) electrons. The lowest BCUT2D eigenvalue weighted by molar-refractivity contribution is -0.164. The highest BCUT2D eigenvalue weighted by Gasteiger charge is 2.60. The van der Waals surface area contributed by atoms with Gasteiger partial charge in [-0.05, 0) is 24.7 Å². The molecule has 1 aliphatic heterocycles. The fraction of sp³-hybridized carbons (Fsp3) is 0.667. The lowest BCUT2D eigenvalue weighted by atomic mass is 9.79. The van der Waals surface area contributed by atoms with Gasteiger partial charge >= 0.3 is 0 Å². The van der Waals surface area contributed by atoms with E-state index in [2.05, 4.69) is 11.4 Å². The molecule has 0 aromatic heterocycles. The van der Waals surface area contributed by atoms with E-state index in [9.17, 15) is 14.4 Å². The van der Waals surface area contributed by atoms with Crippen LogP contribution in [0, 0.1) is 17.8 Å². The summed E-state index contributed by atoms with van der Waals surface area (Å²) >= 11 is 0. The van der Waals surface area contributed by atoms with Crippen molar-refractivity contribution in [2.75, 3.05) is 0 Å². The Bertz CT molecular complexity index is 525. The molecule has 0 aromatic carbocycles. The summed E-state index contributed by atoms with van der Waals surface area (Å²) in [5.41, 5.74) is -0.881. The summed E-state index contributed by atoms with van der Waals surface area (Å²) in [5.74, 6) is -0.479. The Morgan fingerprint density at radius 2 is 2.10 bits per heavy atom. The van der Waals surface area contributed by atoms with Crippen LogP contribution in [0.2, 0.25) is 0 Å². The van der Waals surface area contributed by atoms with Gasteiger partial charge in [-0.3, -0.25) is 19.3 Å². The molecule has 3 aliphatic rings. The smallest absolute Gasteiger partial charge is 0.256 e. The minimum atomic E-state index is -0.881. The molecule has 108 valence electrons. The van der Waals surface area contributed by atoms with Crippen molar-refractivity contribution >= 4 is 17.7 Å². The van der Waals surface area contributed by atoms with Crippen LogP contribution in [-0.2, 0) is 14.4 Å². The molecule has 1 N–H and O–H groups in total. The van der Waals surface area contributed by atoms with Crippen LogP contribution in [0.5, 0.6) is 0 Å². The first-order valence-corrected chi connectivity index (χ1v) is 7.21. The molecule has 0 unspecified atom stereocenters. The number of amides is 3. The minimum Gasteiger partial charge on any atom is -0.339 e. The maximum Gasteiger partial charge on any atom is 0.256 e. The summed E-state index contributed by atoms with van der Waals surface area (Å²) in [4.78, 5) is 38.5. The monoisotopic (exact) mass is 276 g/mol. The van der Waals surface area contributed by atoms with E-state index in [1.54, 1.807) is 0 Å². The Morgan fingerprint density at radius 3 is 2.55 bits per heavy atom. The second kappa shape index (κ2) is 4.17. The maximum absolute atomic E-state index is 12.9. The number of allylic oxidation sites excluding steroid dienone is 1. The summed E-state index contributed by atoms with van der Waals surface area (Å²) in [6.07, 6.45) is 5.64. The maximum atomic E-state index is 12.9. The molecule has 1 saturated carbocycles. The topological polar surface area (TPSA) is 66.5 Å². The highest BCUT2D eigenvalue weighted by molar-refractivity contribution is 6.09. The number of carbonyl (C=O) groups is 3. The van der Waals surface area contributed by atoms with Gasteiger partial charge in [0, 0.05) is 12.8 Å². The predicted octanol–water partition coefficient (Wildman–Crippen LogP) is 0.851. The number of hydrogen-bond donors (Lipinski definition) is 1. The standard InChI is InChI=1S/C15H20N2O3/c1-8(2)12-13(19)16-15(14(20)17(12)9(3)18)7-10-4-5-11(15)6-10/h4-5,8,10-12H,6-7H2,1-3H3,(H,16,19)/t10-,11+,12-,15-/m0/s1. The van der Waals surface area contributed by atoms with Crippen molar-refractivity contribution in [3.05, 3.63) is 12.2 Å². The third-order valence-corrected chi connectivity index (χ3v) is 4.85. The van der Waals surface area contributed by atoms with Gasteiger partial charge in [-0.1, -0.05) is 26.0 Å². The van der Waals surface area contributed by atoms with E-state index in [1.165, 1.54) is 11.8 Å². The summed E-state index contributed by atoms with van der Waals surface area (Å²) in [6, 6.07) is -0.686. The van der Waals surface area contributed by atoms with Crippen molar-refractivity contribution < 1.29 is 14.4 Å². The molecule has 4 atom stereocenters. The summed E-state index contributed by atoms with van der Waals surface area (Å²) in [6.45, 7) is 5.07. The molecule has 0 aromatic rings.